The molecule has 0 bridgehead atoms. The van der Waals surface area contributed by atoms with Gasteiger partial charge in [0, 0.05) is 16.5 Å². The fourth-order valence-corrected chi connectivity index (χ4v) is 3.04. The van der Waals surface area contributed by atoms with Crippen molar-refractivity contribution in [1.82, 2.24) is 4.98 Å². The van der Waals surface area contributed by atoms with E-state index in [2.05, 4.69) is 4.98 Å². The number of aromatic nitrogens is 1. The number of hydrogen-bond acceptors (Lipinski definition) is 3. The van der Waals surface area contributed by atoms with Gasteiger partial charge in [0.1, 0.15) is 0 Å². The molecular weight excluding hydrogens is 230 g/mol. The van der Waals surface area contributed by atoms with E-state index in [4.69, 9.17) is 11.6 Å². The monoisotopic (exact) mass is 237 g/mol. The minimum Gasteiger partial charge on any atom is -0.298 e. The van der Waals surface area contributed by atoms with Gasteiger partial charge in [-0.05, 0) is 25.0 Å². The average Bonchev–Trinajstić information content (AvgIpc) is 2.98. The largest absolute Gasteiger partial charge is 0.298 e. The zero-order valence-corrected chi connectivity index (χ0v) is 9.44. The molecule has 3 rings (SSSR count). The fraction of sp³-hybridized carbons (Fsp3) is 0.273. The molecule has 15 heavy (non-hydrogen) atoms. The van der Waals surface area contributed by atoms with E-state index >= 15 is 0 Å². The van der Waals surface area contributed by atoms with Crippen LogP contribution in [-0.4, -0.2) is 11.3 Å². The predicted octanol–water partition coefficient (Wildman–Crippen LogP) is 3.64. The number of carbonyl (C=O) groups excluding carboxylic acids is 1. The van der Waals surface area contributed by atoms with Crippen molar-refractivity contribution in [2.45, 2.75) is 18.8 Å². The van der Waals surface area contributed by atoms with Gasteiger partial charge in [0.15, 0.2) is 6.29 Å². The number of carbonyl (C=O) groups is 1. The van der Waals surface area contributed by atoms with Crippen LogP contribution in [0.15, 0.2) is 12.1 Å². The smallest absolute Gasteiger partial charge is 0.151 e. The van der Waals surface area contributed by atoms with Crippen molar-refractivity contribution in [1.29, 1.82) is 0 Å². The zero-order chi connectivity index (χ0) is 10.4. The van der Waals surface area contributed by atoms with E-state index < -0.39 is 0 Å². The van der Waals surface area contributed by atoms with Crippen LogP contribution < -0.4 is 0 Å². The lowest BCUT2D eigenvalue weighted by Gasteiger charge is -1.93. The SMILES string of the molecule is O=Cc1cc(Cl)cc2nc(C3CC3)sc12. The number of rotatable bonds is 2. The van der Waals surface area contributed by atoms with E-state index in [1.807, 2.05) is 6.07 Å². The van der Waals surface area contributed by atoms with Crippen molar-refractivity contribution in [2.75, 3.05) is 0 Å². The number of hydrogen-bond donors (Lipinski definition) is 0. The summed E-state index contributed by atoms with van der Waals surface area (Å²) in [7, 11) is 0. The summed E-state index contributed by atoms with van der Waals surface area (Å²) < 4.78 is 0.969. The molecule has 0 saturated heterocycles. The molecule has 2 nitrogen and oxygen atoms in total. The third kappa shape index (κ3) is 1.56. The van der Waals surface area contributed by atoms with Crippen LogP contribution in [0, 0.1) is 0 Å². The Balaban J connectivity index is 2.27. The second-order valence-electron chi connectivity index (χ2n) is 3.79. The van der Waals surface area contributed by atoms with Gasteiger partial charge in [0.05, 0.1) is 15.2 Å². The molecule has 76 valence electrons. The van der Waals surface area contributed by atoms with Crippen LogP contribution >= 0.6 is 22.9 Å². The Bertz CT molecular complexity index is 545. The van der Waals surface area contributed by atoms with Crippen LogP contribution in [0.25, 0.3) is 10.2 Å². The first kappa shape index (κ1) is 9.31. The topological polar surface area (TPSA) is 30.0 Å². The Kier molecular flexibility index (Phi) is 2.04. The van der Waals surface area contributed by atoms with E-state index in [0.29, 0.717) is 16.5 Å². The standard InChI is InChI=1S/C11H8ClNOS/c12-8-3-7(5-14)10-9(4-8)13-11(15-10)6-1-2-6/h3-6H,1-2H2. The summed E-state index contributed by atoms with van der Waals surface area (Å²) in [4.78, 5) is 15.4. The van der Waals surface area contributed by atoms with Crippen LogP contribution in [0.5, 0.6) is 0 Å². The highest BCUT2D eigenvalue weighted by molar-refractivity contribution is 7.19. The average molecular weight is 238 g/mol. The van der Waals surface area contributed by atoms with E-state index in [1.165, 1.54) is 12.8 Å². The zero-order valence-electron chi connectivity index (χ0n) is 7.87. The number of halogens is 1. The Labute approximate surface area is 95.9 Å². The predicted molar refractivity (Wildman–Crippen MR) is 62.0 cm³/mol. The number of benzene rings is 1. The van der Waals surface area contributed by atoms with Gasteiger partial charge in [0.25, 0.3) is 0 Å². The highest BCUT2D eigenvalue weighted by atomic mass is 35.5. The van der Waals surface area contributed by atoms with Gasteiger partial charge in [-0.3, -0.25) is 4.79 Å². The van der Waals surface area contributed by atoms with Crippen molar-refractivity contribution in [3.63, 3.8) is 0 Å². The van der Waals surface area contributed by atoms with Crippen molar-refractivity contribution in [3.8, 4) is 0 Å². The summed E-state index contributed by atoms with van der Waals surface area (Å²) in [5.41, 5.74) is 1.51. The highest BCUT2D eigenvalue weighted by Crippen LogP contribution is 2.43. The molecule has 0 N–H and O–H groups in total. The molecule has 1 heterocycles. The highest BCUT2D eigenvalue weighted by Gasteiger charge is 2.27. The van der Waals surface area contributed by atoms with Gasteiger partial charge in [0.2, 0.25) is 0 Å². The summed E-state index contributed by atoms with van der Waals surface area (Å²) in [6.45, 7) is 0. The maximum absolute atomic E-state index is 10.9. The maximum Gasteiger partial charge on any atom is 0.151 e. The third-order valence-corrected chi connectivity index (χ3v) is 4.05. The lowest BCUT2D eigenvalue weighted by atomic mass is 10.2. The van der Waals surface area contributed by atoms with Gasteiger partial charge in [-0.2, -0.15) is 0 Å². The molecule has 1 saturated carbocycles. The van der Waals surface area contributed by atoms with E-state index in [0.717, 1.165) is 21.5 Å². The molecule has 1 fully saturated rings. The second-order valence-corrected chi connectivity index (χ2v) is 5.25. The van der Waals surface area contributed by atoms with Gasteiger partial charge >= 0.3 is 0 Å². The van der Waals surface area contributed by atoms with Crippen LogP contribution in [0.4, 0.5) is 0 Å². The Morgan fingerprint density at radius 2 is 2.27 bits per heavy atom. The lowest BCUT2D eigenvalue weighted by molar-refractivity contribution is 0.112. The van der Waals surface area contributed by atoms with Crippen LogP contribution in [-0.2, 0) is 0 Å². The van der Waals surface area contributed by atoms with Crippen molar-refractivity contribution in [3.05, 3.63) is 27.7 Å². The summed E-state index contributed by atoms with van der Waals surface area (Å²) in [5, 5.41) is 1.73. The number of thiazole rings is 1. The van der Waals surface area contributed by atoms with Crippen molar-refractivity contribution >= 4 is 39.4 Å². The first-order valence-electron chi connectivity index (χ1n) is 4.83. The minimum atomic E-state index is 0.581. The molecule has 0 spiro atoms. The van der Waals surface area contributed by atoms with E-state index in [-0.39, 0.29) is 0 Å². The van der Waals surface area contributed by atoms with Crippen LogP contribution in [0.3, 0.4) is 0 Å². The molecule has 1 aliphatic carbocycles. The molecule has 4 heteroatoms. The number of fused-ring (bicyclic) bond motifs is 1. The maximum atomic E-state index is 10.9. The lowest BCUT2D eigenvalue weighted by Crippen LogP contribution is -1.80. The molecule has 2 aromatic rings. The summed E-state index contributed by atoms with van der Waals surface area (Å²) in [5.74, 6) is 0.626. The molecule has 0 radical (unpaired) electrons. The molecule has 0 atom stereocenters. The van der Waals surface area contributed by atoms with Crippen molar-refractivity contribution < 1.29 is 4.79 Å². The molecule has 1 aromatic heterocycles. The van der Waals surface area contributed by atoms with Gasteiger partial charge in [-0.25, -0.2) is 4.98 Å². The van der Waals surface area contributed by atoms with E-state index in [1.54, 1.807) is 17.4 Å². The van der Waals surface area contributed by atoms with Crippen molar-refractivity contribution in [2.24, 2.45) is 0 Å². The molecule has 1 aromatic carbocycles. The summed E-state index contributed by atoms with van der Waals surface area (Å²) in [6, 6.07) is 3.53. The van der Waals surface area contributed by atoms with Gasteiger partial charge in [-0.15, -0.1) is 11.3 Å². The van der Waals surface area contributed by atoms with E-state index in [9.17, 15) is 4.79 Å². The second kappa shape index (κ2) is 3.29. The summed E-state index contributed by atoms with van der Waals surface area (Å²) >= 11 is 7.54. The number of nitrogens with zero attached hydrogens (tertiary/aromatic N) is 1. The Hall–Kier alpha value is -0.930. The Morgan fingerprint density at radius 3 is 2.93 bits per heavy atom. The molecular formula is C11H8ClNOS. The first-order valence-corrected chi connectivity index (χ1v) is 6.02. The van der Waals surface area contributed by atoms with Crippen LogP contribution in [0.1, 0.15) is 34.1 Å². The fourth-order valence-electron chi connectivity index (χ4n) is 1.63. The van der Waals surface area contributed by atoms with Crippen LogP contribution in [0.2, 0.25) is 5.02 Å². The number of aldehydes is 1. The third-order valence-electron chi connectivity index (χ3n) is 2.55. The quantitative estimate of drug-likeness (QED) is 0.747. The molecule has 1 aliphatic rings. The first-order chi connectivity index (χ1) is 7.28. The summed E-state index contributed by atoms with van der Waals surface area (Å²) in [6.07, 6.45) is 3.30. The van der Waals surface area contributed by atoms with Gasteiger partial charge in [-0.1, -0.05) is 11.6 Å². The Morgan fingerprint density at radius 1 is 1.47 bits per heavy atom. The molecule has 0 aliphatic heterocycles. The normalized spacial score (nSPS) is 15.8. The molecule has 0 amide bonds. The van der Waals surface area contributed by atoms with Gasteiger partial charge < -0.3 is 0 Å². The molecule has 0 unspecified atom stereocenters. The minimum absolute atomic E-state index is 0.581.